The monoisotopic (exact) mass is 441 g/mol. The van der Waals surface area contributed by atoms with Gasteiger partial charge in [0.15, 0.2) is 0 Å². The van der Waals surface area contributed by atoms with Crippen LogP contribution in [0.3, 0.4) is 0 Å². The van der Waals surface area contributed by atoms with Crippen molar-refractivity contribution in [1.82, 2.24) is 0 Å². The molecule has 0 heterocycles. The third-order valence-corrected chi connectivity index (χ3v) is 6.98. The van der Waals surface area contributed by atoms with Crippen LogP contribution in [0.5, 0.6) is 0 Å². The summed E-state index contributed by atoms with van der Waals surface area (Å²) in [5.74, 6) is -0.603. The highest BCUT2D eigenvalue weighted by molar-refractivity contribution is 7.93. The fourth-order valence-electron chi connectivity index (χ4n) is 3.41. The summed E-state index contributed by atoms with van der Waals surface area (Å²) >= 11 is 0. The van der Waals surface area contributed by atoms with Gasteiger partial charge in [-0.3, -0.25) is 4.79 Å². The quantitative estimate of drug-likeness (QED) is 0.381. The predicted octanol–water partition coefficient (Wildman–Crippen LogP) is 6.01. The lowest BCUT2D eigenvalue weighted by Gasteiger charge is -2.23. The Balaban J connectivity index is 1.77. The lowest BCUT2D eigenvalue weighted by Crippen LogP contribution is -2.37. The van der Waals surface area contributed by atoms with Crippen molar-refractivity contribution >= 4 is 21.6 Å². The molecule has 160 valence electrons. The Kier molecular flexibility index (Phi) is 5.93. The predicted molar refractivity (Wildman–Crippen MR) is 128 cm³/mol. The van der Waals surface area contributed by atoms with Crippen molar-refractivity contribution in [3.8, 4) is 11.1 Å². The van der Waals surface area contributed by atoms with E-state index in [-0.39, 0.29) is 4.90 Å². The molecule has 0 aromatic heterocycles. The van der Waals surface area contributed by atoms with E-state index in [0.29, 0.717) is 11.3 Å². The molecule has 0 fully saturated rings. The summed E-state index contributed by atoms with van der Waals surface area (Å²) in [6.07, 6.45) is 0. The number of nitrogens with zero attached hydrogens (tertiary/aromatic N) is 1. The van der Waals surface area contributed by atoms with Crippen LogP contribution in [0.25, 0.3) is 11.1 Å². The Morgan fingerprint density at radius 2 is 1.12 bits per heavy atom. The van der Waals surface area contributed by atoms with E-state index in [4.69, 9.17) is 0 Å². The Labute approximate surface area is 188 Å². The number of rotatable bonds is 5. The third kappa shape index (κ3) is 4.34. The zero-order valence-corrected chi connectivity index (χ0v) is 18.7. The summed E-state index contributed by atoms with van der Waals surface area (Å²) in [6.45, 7) is 3.79. The van der Waals surface area contributed by atoms with Crippen LogP contribution in [0.1, 0.15) is 21.5 Å². The number of hydrogen-bond donors (Lipinski definition) is 0. The minimum atomic E-state index is -4.11. The number of amides is 1. The Hall–Kier alpha value is -3.70. The van der Waals surface area contributed by atoms with Gasteiger partial charge in [0.25, 0.3) is 15.9 Å². The maximum Gasteiger partial charge on any atom is 0.272 e. The van der Waals surface area contributed by atoms with Gasteiger partial charge < -0.3 is 0 Å². The van der Waals surface area contributed by atoms with Crippen LogP contribution in [-0.4, -0.2) is 14.3 Å². The van der Waals surface area contributed by atoms with Gasteiger partial charge in [0, 0.05) is 5.56 Å². The second kappa shape index (κ2) is 8.81. The van der Waals surface area contributed by atoms with Gasteiger partial charge >= 0.3 is 0 Å². The minimum absolute atomic E-state index is 0.0675. The number of anilines is 1. The van der Waals surface area contributed by atoms with Crippen molar-refractivity contribution in [2.75, 3.05) is 4.31 Å². The average molecular weight is 442 g/mol. The van der Waals surface area contributed by atoms with Crippen LogP contribution in [0, 0.1) is 13.8 Å². The lowest BCUT2D eigenvalue weighted by atomic mass is 10.0. The average Bonchev–Trinajstić information content (AvgIpc) is 2.81. The lowest BCUT2D eigenvalue weighted by molar-refractivity contribution is 0.101. The van der Waals surface area contributed by atoms with Crippen molar-refractivity contribution in [1.29, 1.82) is 0 Å². The van der Waals surface area contributed by atoms with Crippen LogP contribution in [0.15, 0.2) is 108 Å². The molecule has 0 N–H and O–H groups in total. The third-order valence-electron chi connectivity index (χ3n) is 5.25. The molecule has 5 heteroatoms. The Bertz CT molecular complexity index is 1330. The topological polar surface area (TPSA) is 54.5 Å². The van der Waals surface area contributed by atoms with Gasteiger partial charge in [-0.15, -0.1) is 0 Å². The first-order valence-corrected chi connectivity index (χ1v) is 11.7. The van der Waals surface area contributed by atoms with Gasteiger partial charge in [-0.1, -0.05) is 77.9 Å². The summed E-state index contributed by atoms with van der Waals surface area (Å²) in [4.78, 5) is 13.6. The molecule has 4 aromatic carbocycles. The second-order valence-electron chi connectivity index (χ2n) is 7.67. The van der Waals surface area contributed by atoms with E-state index in [1.54, 1.807) is 48.5 Å². The van der Waals surface area contributed by atoms with Crippen molar-refractivity contribution in [3.05, 3.63) is 120 Å². The van der Waals surface area contributed by atoms with Gasteiger partial charge in [-0.2, -0.15) is 4.31 Å². The van der Waals surface area contributed by atoms with Crippen molar-refractivity contribution in [2.24, 2.45) is 0 Å². The van der Waals surface area contributed by atoms with Crippen LogP contribution >= 0.6 is 0 Å². The van der Waals surface area contributed by atoms with E-state index in [0.717, 1.165) is 26.6 Å². The Morgan fingerprint density at radius 1 is 0.625 bits per heavy atom. The van der Waals surface area contributed by atoms with E-state index in [2.05, 4.69) is 0 Å². The fourth-order valence-corrected chi connectivity index (χ4v) is 4.83. The van der Waals surface area contributed by atoms with Crippen LogP contribution in [0.2, 0.25) is 0 Å². The zero-order valence-electron chi connectivity index (χ0n) is 17.9. The molecule has 0 aliphatic carbocycles. The molecule has 0 radical (unpaired) electrons. The first kappa shape index (κ1) is 21.5. The van der Waals surface area contributed by atoms with E-state index < -0.39 is 15.9 Å². The maximum absolute atomic E-state index is 13.5. The van der Waals surface area contributed by atoms with Gasteiger partial charge in [0.05, 0.1) is 10.6 Å². The molecule has 32 heavy (non-hydrogen) atoms. The first-order valence-electron chi connectivity index (χ1n) is 10.2. The standard InChI is InChI=1S/C27H23NO3S/c1-20-8-16-25(17-9-20)28(32(30,31)26-18-10-21(2)11-19-26)27(29)24-14-12-23(13-15-24)22-6-4-3-5-7-22/h3-19H,1-2H3. The van der Waals surface area contributed by atoms with Gasteiger partial charge in [-0.05, 0) is 61.4 Å². The van der Waals surface area contributed by atoms with Crippen LogP contribution in [-0.2, 0) is 10.0 Å². The van der Waals surface area contributed by atoms with Gasteiger partial charge in [-0.25, -0.2) is 8.42 Å². The molecule has 0 aliphatic rings. The normalized spacial score (nSPS) is 11.2. The van der Waals surface area contributed by atoms with Crippen LogP contribution < -0.4 is 4.31 Å². The van der Waals surface area contributed by atoms with Gasteiger partial charge in [0.2, 0.25) is 0 Å². The van der Waals surface area contributed by atoms with E-state index >= 15 is 0 Å². The van der Waals surface area contributed by atoms with Crippen LogP contribution in [0.4, 0.5) is 5.69 Å². The molecule has 0 saturated carbocycles. The maximum atomic E-state index is 13.5. The molecule has 0 saturated heterocycles. The molecule has 0 aliphatic heterocycles. The molecular formula is C27H23NO3S. The number of carbonyl (C=O) groups excluding carboxylic acids is 1. The zero-order chi connectivity index (χ0) is 22.7. The fraction of sp³-hybridized carbons (Fsp3) is 0.0741. The summed E-state index contributed by atoms with van der Waals surface area (Å²) in [5, 5.41) is 0. The second-order valence-corrected chi connectivity index (χ2v) is 9.45. The molecule has 4 nitrogen and oxygen atoms in total. The summed E-state index contributed by atoms with van der Waals surface area (Å²) in [6, 6.07) is 30.2. The largest absolute Gasteiger partial charge is 0.272 e. The molecule has 0 spiro atoms. The Morgan fingerprint density at radius 3 is 1.69 bits per heavy atom. The smallest absolute Gasteiger partial charge is 0.268 e. The highest BCUT2D eigenvalue weighted by Crippen LogP contribution is 2.28. The molecule has 0 bridgehead atoms. The molecule has 0 unspecified atom stereocenters. The SMILES string of the molecule is Cc1ccc(N(C(=O)c2ccc(-c3ccccc3)cc2)S(=O)(=O)c2ccc(C)cc2)cc1. The van der Waals surface area contributed by atoms with Gasteiger partial charge in [0.1, 0.15) is 0 Å². The molecular weight excluding hydrogens is 418 g/mol. The van der Waals surface area contributed by atoms with Crippen molar-refractivity contribution in [2.45, 2.75) is 18.7 Å². The highest BCUT2D eigenvalue weighted by atomic mass is 32.2. The number of aryl methyl sites for hydroxylation is 2. The molecule has 1 amide bonds. The number of carbonyl (C=O) groups is 1. The van der Waals surface area contributed by atoms with E-state index in [1.165, 1.54) is 12.1 Å². The summed E-state index contributed by atoms with van der Waals surface area (Å²) in [7, 11) is -4.11. The molecule has 4 aromatic rings. The minimum Gasteiger partial charge on any atom is -0.268 e. The molecule has 0 atom stereocenters. The van der Waals surface area contributed by atoms with Crippen molar-refractivity contribution in [3.63, 3.8) is 0 Å². The van der Waals surface area contributed by atoms with E-state index in [1.807, 2.05) is 56.3 Å². The number of benzene rings is 4. The summed E-state index contributed by atoms with van der Waals surface area (Å²) < 4.78 is 28.0. The number of sulfonamides is 1. The molecule has 4 rings (SSSR count). The summed E-state index contributed by atoms with van der Waals surface area (Å²) in [5.41, 5.74) is 4.48. The highest BCUT2D eigenvalue weighted by Gasteiger charge is 2.31. The first-order chi connectivity index (χ1) is 15.4. The number of hydrogen-bond acceptors (Lipinski definition) is 3. The van der Waals surface area contributed by atoms with E-state index in [9.17, 15) is 13.2 Å². The van der Waals surface area contributed by atoms with Crippen molar-refractivity contribution < 1.29 is 13.2 Å².